The van der Waals surface area contributed by atoms with Crippen molar-refractivity contribution in [1.29, 1.82) is 5.26 Å². The molecule has 0 spiro atoms. The predicted octanol–water partition coefficient (Wildman–Crippen LogP) is 4.01. The highest BCUT2D eigenvalue weighted by Crippen LogP contribution is 2.21. The lowest BCUT2D eigenvalue weighted by Crippen LogP contribution is -2.25. The molecular weight excluding hydrogens is 380 g/mol. The topological polar surface area (TPSA) is 99.4 Å². The number of nitrogens with one attached hydrogen (secondary N) is 1. The molecule has 28 heavy (non-hydrogen) atoms. The molecule has 7 heteroatoms. The number of nitrogens with zero attached hydrogens (tertiary/aromatic N) is 1. The molecule has 6 nitrogen and oxygen atoms in total. The summed E-state index contributed by atoms with van der Waals surface area (Å²) in [6, 6.07) is 16.6. The highest BCUT2D eigenvalue weighted by molar-refractivity contribution is 6.32. The Balaban J connectivity index is 2.53. The van der Waals surface area contributed by atoms with Crippen LogP contribution < -0.4 is 5.32 Å². The van der Waals surface area contributed by atoms with E-state index in [0.717, 1.165) is 0 Å². The molecule has 0 unspecified atom stereocenters. The highest BCUT2D eigenvalue weighted by Gasteiger charge is 2.21. The van der Waals surface area contributed by atoms with Crippen LogP contribution in [0.4, 0.5) is 0 Å². The standard InChI is InChI=1S/C21H17ClN2O4/c1-2-28-21(27)16(13-23)19(25)18(12-15-10-6-7-11-17(15)22)24-20(26)14-8-4-3-5-9-14/h3-12,25H,2H2,1H3,(H,24,26). The van der Waals surface area contributed by atoms with Gasteiger partial charge < -0.3 is 15.2 Å². The predicted molar refractivity (Wildman–Crippen MR) is 105 cm³/mol. The van der Waals surface area contributed by atoms with Gasteiger partial charge in [-0.15, -0.1) is 0 Å². The van der Waals surface area contributed by atoms with Crippen LogP contribution in [-0.2, 0) is 9.53 Å². The van der Waals surface area contributed by atoms with Gasteiger partial charge in [-0.1, -0.05) is 48.0 Å². The molecule has 0 radical (unpaired) electrons. The number of carbonyl (C=O) groups is 2. The Morgan fingerprint density at radius 3 is 2.43 bits per heavy atom. The van der Waals surface area contributed by atoms with Crippen LogP contribution in [0.1, 0.15) is 22.8 Å². The van der Waals surface area contributed by atoms with Gasteiger partial charge in [-0.3, -0.25) is 4.79 Å². The summed E-state index contributed by atoms with van der Waals surface area (Å²) in [5.74, 6) is -2.25. The summed E-state index contributed by atoms with van der Waals surface area (Å²) >= 11 is 6.14. The Bertz CT molecular complexity index is 975. The number of nitriles is 1. The van der Waals surface area contributed by atoms with Gasteiger partial charge in [-0.25, -0.2) is 4.79 Å². The number of aliphatic hydroxyl groups is 1. The van der Waals surface area contributed by atoms with E-state index in [9.17, 15) is 20.0 Å². The fourth-order valence-corrected chi connectivity index (χ4v) is 2.42. The number of hydrogen-bond acceptors (Lipinski definition) is 5. The van der Waals surface area contributed by atoms with E-state index in [1.165, 1.54) is 6.08 Å². The van der Waals surface area contributed by atoms with Crippen LogP contribution >= 0.6 is 11.6 Å². The molecule has 0 aliphatic carbocycles. The summed E-state index contributed by atoms with van der Waals surface area (Å²) < 4.78 is 4.78. The van der Waals surface area contributed by atoms with Crippen molar-refractivity contribution in [2.24, 2.45) is 0 Å². The first-order valence-corrected chi connectivity index (χ1v) is 8.69. The maximum Gasteiger partial charge on any atom is 0.352 e. The van der Waals surface area contributed by atoms with E-state index in [4.69, 9.17) is 16.3 Å². The Labute approximate surface area is 167 Å². The van der Waals surface area contributed by atoms with E-state index in [-0.39, 0.29) is 12.3 Å². The monoisotopic (exact) mass is 396 g/mol. The van der Waals surface area contributed by atoms with E-state index in [1.807, 2.05) is 0 Å². The van der Waals surface area contributed by atoms with E-state index in [2.05, 4.69) is 5.32 Å². The summed E-state index contributed by atoms with van der Waals surface area (Å²) in [6.45, 7) is 1.60. The molecule has 2 aromatic rings. The Morgan fingerprint density at radius 1 is 1.18 bits per heavy atom. The lowest BCUT2D eigenvalue weighted by Gasteiger charge is -2.12. The van der Waals surface area contributed by atoms with Crippen LogP contribution in [0.25, 0.3) is 6.08 Å². The van der Waals surface area contributed by atoms with Crippen molar-refractivity contribution >= 4 is 29.6 Å². The average molecular weight is 397 g/mol. The first-order valence-electron chi connectivity index (χ1n) is 8.31. The molecule has 0 heterocycles. The van der Waals surface area contributed by atoms with Crippen molar-refractivity contribution in [3.05, 3.63) is 87.8 Å². The molecule has 0 fully saturated rings. The van der Waals surface area contributed by atoms with Crippen molar-refractivity contribution in [2.75, 3.05) is 6.61 Å². The fraction of sp³-hybridized carbons (Fsp3) is 0.0952. The van der Waals surface area contributed by atoms with Crippen LogP contribution in [0.3, 0.4) is 0 Å². The van der Waals surface area contributed by atoms with Crippen molar-refractivity contribution in [3.8, 4) is 6.07 Å². The van der Waals surface area contributed by atoms with Gasteiger partial charge in [0.15, 0.2) is 11.3 Å². The first kappa shape index (κ1) is 20.7. The average Bonchev–Trinajstić information content (AvgIpc) is 2.70. The number of carbonyl (C=O) groups excluding carboxylic acids is 2. The molecule has 1 amide bonds. The third-order valence-electron chi connectivity index (χ3n) is 3.57. The summed E-state index contributed by atoms with van der Waals surface area (Å²) in [6.07, 6.45) is 1.37. The number of esters is 1. The lowest BCUT2D eigenvalue weighted by atomic mass is 10.1. The van der Waals surface area contributed by atoms with Crippen molar-refractivity contribution in [1.82, 2.24) is 5.32 Å². The second-order valence-corrected chi connectivity index (χ2v) is 5.86. The third kappa shape index (κ3) is 5.22. The van der Waals surface area contributed by atoms with Gasteiger partial charge in [0.2, 0.25) is 0 Å². The zero-order valence-electron chi connectivity index (χ0n) is 15.0. The molecule has 2 N–H and O–H groups in total. The summed E-state index contributed by atoms with van der Waals surface area (Å²) in [4.78, 5) is 24.5. The zero-order valence-corrected chi connectivity index (χ0v) is 15.7. The first-order chi connectivity index (χ1) is 13.5. The maximum atomic E-state index is 12.5. The summed E-state index contributed by atoms with van der Waals surface area (Å²) in [5, 5.41) is 22.7. The Morgan fingerprint density at radius 2 is 1.82 bits per heavy atom. The minimum absolute atomic E-state index is 0.0250. The molecule has 2 rings (SSSR count). The van der Waals surface area contributed by atoms with E-state index < -0.39 is 23.2 Å². The highest BCUT2D eigenvalue weighted by atomic mass is 35.5. The number of rotatable bonds is 6. The normalized spacial score (nSPS) is 11.8. The van der Waals surface area contributed by atoms with Gasteiger partial charge in [0, 0.05) is 10.6 Å². The van der Waals surface area contributed by atoms with Gasteiger partial charge in [0.05, 0.1) is 12.3 Å². The molecule has 0 aromatic heterocycles. The van der Waals surface area contributed by atoms with Crippen LogP contribution in [0.2, 0.25) is 5.02 Å². The lowest BCUT2D eigenvalue weighted by molar-refractivity contribution is -0.138. The van der Waals surface area contributed by atoms with Gasteiger partial charge in [0.25, 0.3) is 5.91 Å². The van der Waals surface area contributed by atoms with Crippen molar-refractivity contribution in [2.45, 2.75) is 6.92 Å². The number of benzene rings is 2. The van der Waals surface area contributed by atoms with Gasteiger partial charge in [-0.2, -0.15) is 5.26 Å². The van der Waals surface area contributed by atoms with Crippen LogP contribution in [0.15, 0.2) is 71.6 Å². The van der Waals surface area contributed by atoms with Gasteiger partial charge in [-0.05, 0) is 36.8 Å². The molecule has 142 valence electrons. The van der Waals surface area contributed by atoms with E-state index in [1.54, 1.807) is 67.6 Å². The Kier molecular flexibility index (Phi) is 7.37. The van der Waals surface area contributed by atoms with Gasteiger partial charge in [0.1, 0.15) is 6.07 Å². The molecule has 0 atom stereocenters. The smallest absolute Gasteiger partial charge is 0.352 e. The second-order valence-electron chi connectivity index (χ2n) is 5.46. The number of aliphatic hydroxyl groups excluding tert-OH is 1. The molecule has 0 saturated heterocycles. The largest absolute Gasteiger partial charge is 0.504 e. The minimum atomic E-state index is -0.999. The maximum absolute atomic E-state index is 12.5. The second kappa shape index (κ2) is 9.95. The SMILES string of the molecule is CCOC(=O)C(C#N)=C(O)C(=Cc1ccccc1Cl)NC(=O)c1ccccc1. The van der Waals surface area contributed by atoms with Crippen LogP contribution in [0, 0.1) is 11.3 Å². The molecular formula is C21H17ClN2O4. The Hall–Kier alpha value is -3.56. The fourth-order valence-electron chi connectivity index (χ4n) is 2.23. The molecule has 0 bridgehead atoms. The third-order valence-corrected chi connectivity index (χ3v) is 3.92. The number of ether oxygens (including phenoxy) is 1. The quantitative estimate of drug-likeness (QED) is 0.252. The number of amides is 1. The van der Waals surface area contributed by atoms with Gasteiger partial charge >= 0.3 is 5.97 Å². The zero-order chi connectivity index (χ0) is 20.5. The number of halogens is 1. The van der Waals surface area contributed by atoms with E-state index >= 15 is 0 Å². The summed E-state index contributed by atoms with van der Waals surface area (Å²) in [5.41, 5.74) is 0.00954. The van der Waals surface area contributed by atoms with Crippen LogP contribution in [-0.4, -0.2) is 23.6 Å². The molecule has 0 aliphatic rings. The van der Waals surface area contributed by atoms with E-state index in [0.29, 0.717) is 16.1 Å². The summed E-state index contributed by atoms with van der Waals surface area (Å²) in [7, 11) is 0. The molecule has 0 aliphatic heterocycles. The molecule has 0 saturated carbocycles. The van der Waals surface area contributed by atoms with Crippen molar-refractivity contribution < 1.29 is 19.4 Å². The number of hydrogen-bond donors (Lipinski definition) is 2. The van der Waals surface area contributed by atoms with Crippen LogP contribution in [0.5, 0.6) is 0 Å². The van der Waals surface area contributed by atoms with Crippen molar-refractivity contribution in [3.63, 3.8) is 0 Å². The minimum Gasteiger partial charge on any atom is -0.504 e. The molecule has 2 aromatic carbocycles.